The Balaban J connectivity index is 0.00000281. The average Bonchev–Trinajstić information content (AvgIpc) is 3.69. The molecule has 6 rings (SSSR count). The van der Waals surface area contributed by atoms with Crippen molar-refractivity contribution in [3.05, 3.63) is 92.9 Å². The van der Waals surface area contributed by atoms with Crippen molar-refractivity contribution >= 4 is 81.3 Å². The summed E-state index contributed by atoms with van der Waals surface area (Å²) in [6, 6.07) is 12.0. The van der Waals surface area contributed by atoms with Gasteiger partial charge in [0.25, 0.3) is 5.91 Å². The zero-order chi connectivity index (χ0) is 34.3. The van der Waals surface area contributed by atoms with Crippen LogP contribution in [0.5, 0.6) is 5.75 Å². The number of aromatic nitrogens is 2. The molecular weight excluding hydrogens is 748 g/mol. The number of pyridine rings is 1. The Bertz CT molecular complexity index is 2030. The van der Waals surface area contributed by atoms with Crippen molar-refractivity contribution in [1.82, 2.24) is 23.5 Å². The summed E-state index contributed by atoms with van der Waals surface area (Å²) in [5, 5.41) is 7.72. The number of sulfonamides is 1. The fraction of sp³-hybridized carbons (Fsp3) is 0.333. The molecule has 0 saturated carbocycles. The number of hydrogen-bond donors (Lipinski definition) is 2. The molecule has 4 heterocycles. The highest BCUT2D eigenvalue weighted by Crippen LogP contribution is 2.36. The zero-order valence-electron chi connectivity index (χ0n) is 27.3. The Morgan fingerprint density at radius 2 is 1.60 bits per heavy atom. The van der Waals surface area contributed by atoms with E-state index < -0.39 is 16.1 Å². The first kappa shape index (κ1) is 39.2. The SMILES string of the molecule is Cc1nc2c(OCc3c(Cl)ccc(S(=O)(=O)N4CCCC4C(=O)N4CCN(C(=O)c5ccc(C(=N)N)cc5)CC4)c3Cl)cccn2c1C.Cl.Cl. The van der Waals surface area contributed by atoms with E-state index in [0.29, 0.717) is 54.0 Å². The lowest BCUT2D eigenvalue weighted by atomic mass is 10.1. The minimum atomic E-state index is -4.20. The van der Waals surface area contributed by atoms with Gasteiger partial charge in [0.05, 0.1) is 10.7 Å². The number of amidine groups is 1. The van der Waals surface area contributed by atoms with Gasteiger partial charge in [-0.05, 0) is 63.1 Å². The van der Waals surface area contributed by atoms with Crippen LogP contribution in [0, 0.1) is 19.3 Å². The maximum atomic E-state index is 14.1. The van der Waals surface area contributed by atoms with Crippen LogP contribution in [-0.4, -0.2) is 88.3 Å². The molecular formula is C33H37Cl4N7O5S. The first-order chi connectivity index (χ1) is 22.9. The Morgan fingerprint density at radius 3 is 2.26 bits per heavy atom. The number of nitrogens with two attached hydrogens (primary N) is 1. The van der Waals surface area contributed by atoms with Crippen molar-refractivity contribution in [2.24, 2.45) is 5.73 Å². The monoisotopic (exact) mass is 783 g/mol. The van der Waals surface area contributed by atoms with Crippen LogP contribution < -0.4 is 10.5 Å². The molecule has 2 saturated heterocycles. The molecule has 2 fully saturated rings. The number of fused-ring (bicyclic) bond motifs is 1. The number of benzene rings is 2. The zero-order valence-corrected chi connectivity index (χ0v) is 31.2. The van der Waals surface area contributed by atoms with E-state index in [1.54, 1.807) is 40.1 Å². The van der Waals surface area contributed by atoms with Crippen LogP contribution in [0.4, 0.5) is 0 Å². The molecule has 3 N–H and O–H groups in total. The predicted molar refractivity (Wildman–Crippen MR) is 197 cm³/mol. The van der Waals surface area contributed by atoms with Gasteiger partial charge in [0.1, 0.15) is 23.4 Å². The lowest BCUT2D eigenvalue weighted by Gasteiger charge is -2.37. The summed E-state index contributed by atoms with van der Waals surface area (Å²) in [5.74, 6) is -0.0827. The molecule has 0 aliphatic carbocycles. The molecule has 2 aliphatic heterocycles. The second kappa shape index (κ2) is 15.7. The number of rotatable bonds is 8. The normalized spacial score (nSPS) is 16.5. The highest BCUT2D eigenvalue weighted by atomic mass is 35.5. The maximum Gasteiger partial charge on any atom is 0.253 e. The highest BCUT2D eigenvalue weighted by molar-refractivity contribution is 7.89. The number of nitrogens with zero attached hydrogens (tertiary/aromatic N) is 5. The molecule has 17 heteroatoms. The van der Waals surface area contributed by atoms with Gasteiger partial charge in [0.15, 0.2) is 11.4 Å². The van der Waals surface area contributed by atoms with Crippen LogP contribution in [0.1, 0.15) is 45.7 Å². The summed E-state index contributed by atoms with van der Waals surface area (Å²) in [6.45, 7) is 5.07. The molecule has 2 aliphatic rings. The second-order valence-corrected chi connectivity index (χ2v) is 14.5. The molecule has 12 nitrogen and oxygen atoms in total. The largest absolute Gasteiger partial charge is 0.485 e. The molecule has 2 amide bonds. The smallest absolute Gasteiger partial charge is 0.253 e. The quantitative estimate of drug-likeness (QED) is 0.186. The number of nitrogen functional groups attached to an aromatic ring is 1. The van der Waals surface area contributed by atoms with E-state index in [1.165, 1.54) is 16.4 Å². The van der Waals surface area contributed by atoms with E-state index in [4.69, 9.17) is 39.1 Å². The van der Waals surface area contributed by atoms with E-state index in [-0.39, 0.29) is 83.6 Å². The minimum absolute atomic E-state index is 0. The van der Waals surface area contributed by atoms with Crippen molar-refractivity contribution < 1.29 is 22.7 Å². The van der Waals surface area contributed by atoms with Gasteiger partial charge in [-0.1, -0.05) is 35.3 Å². The molecule has 1 atom stereocenters. The fourth-order valence-electron chi connectivity index (χ4n) is 6.16. The number of amides is 2. The van der Waals surface area contributed by atoms with Crippen LogP contribution in [0.2, 0.25) is 10.0 Å². The average molecular weight is 786 g/mol. The van der Waals surface area contributed by atoms with E-state index in [1.807, 2.05) is 30.5 Å². The van der Waals surface area contributed by atoms with E-state index in [9.17, 15) is 18.0 Å². The number of carbonyl (C=O) groups is 2. The van der Waals surface area contributed by atoms with Crippen molar-refractivity contribution in [3.8, 4) is 5.75 Å². The first-order valence-corrected chi connectivity index (χ1v) is 17.7. The van der Waals surface area contributed by atoms with Gasteiger partial charge in [0.2, 0.25) is 15.9 Å². The van der Waals surface area contributed by atoms with E-state index in [0.717, 1.165) is 11.4 Å². The van der Waals surface area contributed by atoms with Crippen molar-refractivity contribution in [2.75, 3.05) is 32.7 Å². The van der Waals surface area contributed by atoms with E-state index >= 15 is 0 Å². The minimum Gasteiger partial charge on any atom is -0.485 e. The second-order valence-electron chi connectivity index (χ2n) is 11.9. The summed E-state index contributed by atoms with van der Waals surface area (Å²) < 4.78 is 37.3. The number of imidazole rings is 1. The number of ether oxygens (including phenoxy) is 1. The Kier molecular flexibility index (Phi) is 12.3. The van der Waals surface area contributed by atoms with Crippen molar-refractivity contribution in [2.45, 2.75) is 44.2 Å². The van der Waals surface area contributed by atoms with Crippen LogP contribution in [0.3, 0.4) is 0 Å². The van der Waals surface area contributed by atoms with Crippen LogP contribution in [-0.2, 0) is 21.4 Å². The molecule has 0 bridgehead atoms. The summed E-state index contributed by atoms with van der Waals surface area (Å²) in [7, 11) is -4.20. The fourth-order valence-corrected chi connectivity index (χ4v) is 8.68. The number of carbonyl (C=O) groups excluding carboxylic acids is 2. The molecule has 4 aromatic rings. The highest BCUT2D eigenvalue weighted by Gasteiger charge is 2.43. The Morgan fingerprint density at radius 1 is 0.960 bits per heavy atom. The number of halogens is 4. The molecule has 1 unspecified atom stereocenters. The molecule has 50 heavy (non-hydrogen) atoms. The summed E-state index contributed by atoms with van der Waals surface area (Å²) >= 11 is 13.2. The van der Waals surface area contributed by atoms with Gasteiger partial charge in [-0.15, -0.1) is 24.8 Å². The standard InChI is InChI=1S/C33H35Cl2N7O5S.2ClH/c1-20-21(2)41-13-4-6-27(31(41)38-20)47-19-24-25(34)11-12-28(29(24)35)48(45,46)42-14-3-5-26(42)33(44)40-17-15-39(16-18-40)32(43)23-9-7-22(8-10-23)30(36)37;;/h4,6-13,26H,3,5,14-19H2,1-2H3,(H3,36,37);2*1H. The van der Waals surface area contributed by atoms with Crippen LogP contribution in [0.15, 0.2) is 59.6 Å². The topological polar surface area (TPSA) is 154 Å². The van der Waals surface area contributed by atoms with Gasteiger partial charge >= 0.3 is 0 Å². The lowest BCUT2D eigenvalue weighted by Crippen LogP contribution is -2.55. The third-order valence-electron chi connectivity index (χ3n) is 9.01. The van der Waals surface area contributed by atoms with Gasteiger partial charge < -0.3 is 24.7 Å². The Hall–Kier alpha value is -3.59. The van der Waals surface area contributed by atoms with Gasteiger partial charge in [0, 0.05) is 66.3 Å². The van der Waals surface area contributed by atoms with Gasteiger partial charge in [-0.2, -0.15) is 4.31 Å². The number of aryl methyl sites for hydroxylation is 2. The molecule has 268 valence electrons. The van der Waals surface area contributed by atoms with Crippen LogP contribution >= 0.6 is 48.0 Å². The third-order valence-corrected chi connectivity index (χ3v) is 11.9. The number of nitrogens with one attached hydrogen (secondary N) is 1. The molecule has 2 aromatic heterocycles. The third kappa shape index (κ3) is 7.39. The van der Waals surface area contributed by atoms with Crippen molar-refractivity contribution in [3.63, 3.8) is 0 Å². The Labute approximate surface area is 312 Å². The maximum absolute atomic E-state index is 14.1. The number of piperazine rings is 1. The van der Waals surface area contributed by atoms with Gasteiger partial charge in [-0.3, -0.25) is 15.0 Å². The summed E-state index contributed by atoms with van der Waals surface area (Å²) in [5.41, 5.74) is 9.25. The predicted octanol–water partition coefficient (Wildman–Crippen LogP) is 5.10. The lowest BCUT2D eigenvalue weighted by molar-refractivity contribution is -0.136. The molecule has 2 aromatic carbocycles. The van der Waals surface area contributed by atoms with Crippen molar-refractivity contribution in [1.29, 1.82) is 5.41 Å². The van der Waals surface area contributed by atoms with Gasteiger partial charge in [-0.25, -0.2) is 13.4 Å². The first-order valence-electron chi connectivity index (χ1n) is 15.5. The number of hydrogen-bond acceptors (Lipinski definition) is 7. The van der Waals surface area contributed by atoms with Crippen LogP contribution in [0.25, 0.3) is 5.65 Å². The molecule has 0 radical (unpaired) electrons. The molecule has 0 spiro atoms. The van der Waals surface area contributed by atoms with E-state index in [2.05, 4.69) is 4.98 Å². The summed E-state index contributed by atoms with van der Waals surface area (Å²) in [4.78, 5) is 34.5. The summed E-state index contributed by atoms with van der Waals surface area (Å²) in [6.07, 6.45) is 2.77.